The number of benzene rings is 1. The maximum Gasteiger partial charge on any atom is 0.263 e. The molecule has 0 aromatic heterocycles. The zero-order valence-electron chi connectivity index (χ0n) is 11.0. The SMILES string of the molecule is CCCCNC(=O)/C(C#N)=C\Nc1ccc(F)cc1F. The summed E-state index contributed by atoms with van der Waals surface area (Å²) in [5.74, 6) is -2.03. The minimum Gasteiger partial charge on any atom is -0.358 e. The van der Waals surface area contributed by atoms with E-state index in [1.807, 2.05) is 6.92 Å². The summed E-state index contributed by atoms with van der Waals surface area (Å²) in [5, 5.41) is 13.9. The second-order valence-corrected chi connectivity index (χ2v) is 4.05. The quantitative estimate of drug-likeness (QED) is 0.478. The van der Waals surface area contributed by atoms with Crippen molar-refractivity contribution in [3.63, 3.8) is 0 Å². The van der Waals surface area contributed by atoms with Gasteiger partial charge in [0.25, 0.3) is 5.91 Å². The van der Waals surface area contributed by atoms with Crippen molar-refractivity contribution < 1.29 is 13.6 Å². The van der Waals surface area contributed by atoms with Crippen molar-refractivity contribution in [2.45, 2.75) is 19.8 Å². The molecule has 1 aromatic rings. The molecule has 0 bridgehead atoms. The van der Waals surface area contributed by atoms with Crippen molar-refractivity contribution >= 4 is 11.6 Å². The number of unbranched alkanes of at least 4 members (excludes halogenated alkanes) is 1. The zero-order valence-corrected chi connectivity index (χ0v) is 11.0. The van der Waals surface area contributed by atoms with Crippen LogP contribution < -0.4 is 10.6 Å². The van der Waals surface area contributed by atoms with Crippen LogP contribution in [0.25, 0.3) is 0 Å². The predicted molar refractivity (Wildman–Crippen MR) is 71.6 cm³/mol. The number of nitrogens with one attached hydrogen (secondary N) is 2. The summed E-state index contributed by atoms with van der Waals surface area (Å²) in [4.78, 5) is 11.6. The van der Waals surface area contributed by atoms with Gasteiger partial charge in [0, 0.05) is 18.8 Å². The number of rotatable bonds is 6. The lowest BCUT2D eigenvalue weighted by atomic mass is 10.2. The van der Waals surface area contributed by atoms with E-state index in [-0.39, 0.29) is 11.3 Å². The van der Waals surface area contributed by atoms with Crippen molar-refractivity contribution in [2.24, 2.45) is 0 Å². The third-order valence-corrected chi connectivity index (χ3v) is 2.48. The monoisotopic (exact) mass is 279 g/mol. The van der Waals surface area contributed by atoms with Crippen LogP contribution >= 0.6 is 0 Å². The van der Waals surface area contributed by atoms with E-state index >= 15 is 0 Å². The third-order valence-electron chi connectivity index (χ3n) is 2.48. The zero-order chi connectivity index (χ0) is 15.0. The number of amides is 1. The minimum atomic E-state index is -0.801. The predicted octanol–water partition coefficient (Wildman–Crippen LogP) is 2.70. The van der Waals surface area contributed by atoms with Gasteiger partial charge in [0.05, 0.1) is 5.69 Å². The Morgan fingerprint density at radius 3 is 2.80 bits per heavy atom. The van der Waals surface area contributed by atoms with E-state index in [4.69, 9.17) is 5.26 Å². The molecule has 0 saturated carbocycles. The van der Waals surface area contributed by atoms with Crippen molar-refractivity contribution in [1.82, 2.24) is 5.32 Å². The Hall–Kier alpha value is -2.42. The van der Waals surface area contributed by atoms with Gasteiger partial charge in [-0.05, 0) is 18.6 Å². The van der Waals surface area contributed by atoms with Crippen LogP contribution in [0.2, 0.25) is 0 Å². The van der Waals surface area contributed by atoms with E-state index in [1.165, 1.54) is 6.07 Å². The summed E-state index contributed by atoms with van der Waals surface area (Å²) in [6.07, 6.45) is 2.83. The summed E-state index contributed by atoms with van der Waals surface area (Å²) in [5.41, 5.74) is -0.190. The van der Waals surface area contributed by atoms with Gasteiger partial charge < -0.3 is 10.6 Å². The Kier molecular flexibility index (Phi) is 6.17. The van der Waals surface area contributed by atoms with Crippen LogP contribution in [0.3, 0.4) is 0 Å². The molecule has 0 aliphatic carbocycles. The number of hydrogen-bond donors (Lipinski definition) is 2. The highest BCUT2D eigenvalue weighted by Gasteiger charge is 2.08. The van der Waals surface area contributed by atoms with Crippen LogP contribution in [0.5, 0.6) is 0 Å². The maximum absolute atomic E-state index is 13.3. The summed E-state index contributed by atoms with van der Waals surface area (Å²) >= 11 is 0. The van der Waals surface area contributed by atoms with Crippen LogP contribution in [0.1, 0.15) is 19.8 Å². The van der Waals surface area contributed by atoms with E-state index < -0.39 is 17.5 Å². The van der Waals surface area contributed by atoms with Crippen LogP contribution in [-0.2, 0) is 4.79 Å². The second-order valence-electron chi connectivity index (χ2n) is 4.05. The molecular formula is C14H15F2N3O. The third kappa shape index (κ3) is 4.69. The number of nitriles is 1. The van der Waals surface area contributed by atoms with Gasteiger partial charge in [-0.1, -0.05) is 13.3 Å². The molecule has 0 unspecified atom stereocenters. The minimum absolute atomic E-state index is 0.0134. The highest BCUT2D eigenvalue weighted by molar-refractivity contribution is 5.97. The highest BCUT2D eigenvalue weighted by Crippen LogP contribution is 2.15. The fourth-order valence-corrected chi connectivity index (χ4v) is 1.38. The van der Waals surface area contributed by atoms with Crippen LogP contribution in [0.15, 0.2) is 30.0 Å². The number of carbonyl (C=O) groups is 1. The largest absolute Gasteiger partial charge is 0.358 e. The van der Waals surface area contributed by atoms with Gasteiger partial charge in [0.2, 0.25) is 0 Å². The smallest absolute Gasteiger partial charge is 0.263 e. The van der Waals surface area contributed by atoms with E-state index in [0.717, 1.165) is 25.1 Å². The molecule has 0 aliphatic heterocycles. The molecule has 4 nitrogen and oxygen atoms in total. The average Bonchev–Trinajstić information content (AvgIpc) is 2.42. The first-order valence-corrected chi connectivity index (χ1v) is 6.18. The standard InChI is InChI=1S/C14H15F2N3O/c1-2-3-6-18-14(20)10(8-17)9-19-13-5-4-11(15)7-12(13)16/h4-5,7,9,19H,2-3,6H2,1H3,(H,18,20)/b10-9-. The fraction of sp³-hybridized carbons (Fsp3) is 0.286. The molecule has 1 aromatic carbocycles. The molecule has 0 spiro atoms. The lowest BCUT2D eigenvalue weighted by Crippen LogP contribution is -2.25. The highest BCUT2D eigenvalue weighted by atomic mass is 19.1. The first kappa shape index (κ1) is 15.6. The molecular weight excluding hydrogens is 264 g/mol. The average molecular weight is 279 g/mol. The normalized spacial score (nSPS) is 10.8. The van der Waals surface area contributed by atoms with Gasteiger partial charge in [0.1, 0.15) is 23.3 Å². The first-order chi connectivity index (χ1) is 9.58. The number of nitrogens with zero attached hydrogens (tertiary/aromatic N) is 1. The van der Waals surface area contributed by atoms with Crippen LogP contribution in [0.4, 0.5) is 14.5 Å². The molecule has 20 heavy (non-hydrogen) atoms. The van der Waals surface area contributed by atoms with Crippen LogP contribution in [-0.4, -0.2) is 12.5 Å². The molecule has 0 saturated heterocycles. The number of hydrogen-bond acceptors (Lipinski definition) is 3. The Bertz CT molecular complexity index is 550. The lowest BCUT2D eigenvalue weighted by molar-refractivity contribution is -0.117. The van der Waals surface area contributed by atoms with Crippen molar-refractivity contribution in [1.29, 1.82) is 5.26 Å². The topological polar surface area (TPSA) is 64.9 Å². The molecule has 0 fully saturated rings. The lowest BCUT2D eigenvalue weighted by Gasteiger charge is -2.05. The molecule has 0 heterocycles. The Morgan fingerprint density at radius 2 is 2.20 bits per heavy atom. The summed E-state index contributed by atoms with van der Waals surface area (Å²) in [6.45, 7) is 2.45. The molecule has 2 N–H and O–H groups in total. The van der Waals surface area contributed by atoms with Gasteiger partial charge in [-0.3, -0.25) is 4.79 Å². The number of halogens is 2. The molecule has 0 aliphatic rings. The van der Waals surface area contributed by atoms with Gasteiger partial charge in [0.15, 0.2) is 0 Å². The van der Waals surface area contributed by atoms with Crippen LogP contribution in [0, 0.1) is 23.0 Å². The fourth-order valence-electron chi connectivity index (χ4n) is 1.38. The molecule has 0 atom stereocenters. The van der Waals surface area contributed by atoms with Crippen molar-refractivity contribution in [2.75, 3.05) is 11.9 Å². The van der Waals surface area contributed by atoms with Gasteiger partial charge >= 0.3 is 0 Å². The van der Waals surface area contributed by atoms with E-state index in [1.54, 1.807) is 6.07 Å². The van der Waals surface area contributed by atoms with Gasteiger partial charge in [-0.15, -0.1) is 0 Å². The summed E-state index contributed by atoms with van der Waals surface area (Å²) in [7, 11) is 0. The first-order valence-electron chi connectivity index (χ1n) is 6.18. The van der Waals surface area contributed by atoms with E-state index in [9.17, 15) is 13.6 Å². The molecule has 1 amide bonds. The summed E-state index contributed by atoms with van der Waals surface area (Å²) in [6, 6.07) is 4.69. The Morgan fingerprint density at radius 1 is 1.45 bits per heavy atom. The molecule has 0 radical (unpaired) electrons. The van der Waals surface area contributed by atoms with Crippen molar-refractivity contribution in [3.8, 4) is 6.07 Å². The van der Waals surface area contributed by atoms with E-state index in [0.29, 0.717) is 12.6 Å². The Labute approximate surface area is 116 Å². The van der Waals surface area contributed by atoms with Crippen molar-refractivity contribution in [3.05, 3.63) is 41.6 Å². The molecule has 106 valence electrons. The van der Waals surface area contributed by atoms with E-state index in [2.05, 4.69) is 10.6 Å². The number of anilines is 1. The second kappa shape index (κ2) is 7.89. The molecule has 1 rings (SSSR count). The Balaban J connectivity index is 2.70. The van der Waals surface area contributed by atoms with Gasteiger partial charge in [-0.25, -0.2) is 8.78 Å². The van der Waals surface area contributed by atoms with Gasteiger partial charge in [-0.2, -0.15) is 5.26 Å². The molecule has 6 heteroatoms. The number of carbonyl (C=O) groups excluding carboxylic acids is 1. The maximum atomic E-state index is 13.3. The summed E-state index contributed by atoms with van der Waals surface area (Å²) < 4.78 is 26.1.